The Balaban J connectivity index is 2.10. The minimum atomic E-state index is 0.568. The van der Waals surface area contributed by atoms with Crippen molar-refractivity contribution < 1.29 is 4.74 Å². The van der Waals surface area contributed by atoms with Crippen molar-refractivity contribution in [1.29, 1.82) is 0 Å². The summed E-state index contributed by atoms with van der Waals surface area (Å²) in [5.41, 5.74) is 8.22. The van der Waals surface area contributed by atoms with E-state index < -0.39 is 0 Å². The van der Waals surface area contributed by atoms with Crippen molar-refractivity contribution >= 4 is 10.9 Å². The van der Waals surface area contributed by atoms with Crippen molar-refractivity contribution in [3.05, 3.63) is 36.0 Å². The minimum Gasteiger partial charge on any atom is -0.379 e. The summed E-state index contributed by atoms with van der Waals surface area (Å²) in [6, 6.07) is 10.5. The molecule has 0 aliphatic carbocycles. The molecule has 1 aromatic carbocycles. The lowest BCUT2D eigenvalue weighted by Gasteiger charge is -2.11. The number of rotatable bonds is 6. The molecule has 0 amide bonds. The number of ether oxygens (including phenoxy) is 1. The number of nitrogens with zero attached hydrogens (tertiary/aromatic N) is 1. The molecule has 1 aromatic heterocycles. The second-order valence-electron chi connectivity index (χ2n) is 5.02. The molecule has 0 atom stereocenters. The van der Waals surface area contributed by atoms with Crippen LogP contribution in [0.3, 0.4) is 0 Å². The molecular formula is C15H22N2O. The highest BCUT2D eigenvalue weighted by atomic mass is 16.5. The third kappa shape index (κ3) is 2.92. The van der Waals surface area contributed by atoms with Crippen LogP contribution in [0.2, 0.25) is 0 Å². The van der Waals surface area contributed by atoms with E-state index in [1.54, 1.807) is 0 Å². The number of aromatic nitrogens is 1. The number of hydrogen-bond donors (Lipinski definition) is 1. The Hall–Kier alpha value is -1.32. The monoisotopic (exact) mass is 246 g/mol. The standard InChI is InChI=1S/C15H22N2O/c1-12(2)11-18-8-7-17-14(10-16)9-13-5-3-4-6-15(13)17/h3-6,9,12H,7-8,10-11,16H2,1-2H3. The maximum absolute atomic E-state index is 5.81. The molecule has 2 N–H and O–H groups in total. The summed E-state index contributed by atoms with van der Waals surface area (Å²) >= 11 is 0. The van der Waals surface area contributed by atoms with Crippen LogP contribution in [0.4, 0.5) is 0 Å². The lowest BCUT2D eigenvalue weighted by Crippen LogP contribution is -2.13. The first-order valence-electron chi connectivity index (χ1n) is 6.57. The summed E-state index contributed by atoms with van der Waals surface area (Å²) in [4.78, 5) is 0. The van der Waals surface area contributed by atoms with E-state index >= 15 is 0 Å². The van der Waals surface area contributed by atoms with Crippen LogP contribution in [0.5, 0.6) is 0 Å². The van der Waals surface area contributed by atoms with Crippen LogP contribution in [0.15, 0.2) is 30.3 Å². The van der Waals surface area contributed by atoms with Crippen LogP contribution in [0.25, 0.3) is 10.9 Å². The fraction of sp³-hybridized carbons (Fsp3) is 0.467. The predicted octanol–water partition coefficient (Wildman–Crippen LogP) is 2.77. The Kier molecular flexibility index (Phi) is 4.39. The second kappa shape index (κ2) is 6.03. The van der Waals surface area contributed by atoms with E-state index in [9.17, 15) is 0 Å². The van der Waals surface area contributed by atoms with Crippen molar-refractivity contribution in [2.24, 2.45) is 11.7 Å². The first-order chi connectivity index (χ1) is 8.72. The lowest BCUT2D eigenvalue weighted by molar-refractivity contribution is 0.103. The summed E-state index contributed by atoms with van der Waals surface area (Å²) in [6.45, 7) is 7.32. The Bertz CT molecular complexity index is 502. The summed E-state index contributed by atoms with van der Waals surface area (Å²) in [6.07, 6.45) is 0. The van der Waals surface area contributed by atoms with E-state index in [2.05, 4.69) is 48.7 Å². The molecule has 0 radical (unpaired) electrons. The fourth-order valence-corrected chi connectivity index (χ4v) is 2.18. The number of para-hydroxylation sites is 1. The highest BCUT2D eigenvalue weighted by molar-refractivity contribution is 5.81. The molecule has 0 saturated heterocycles. The molecule has 0 spiro atoms. The van der Waals surface area contributed by atoms with E-state index in [-0.39, 0.29) is 0 Å². The van der Waals surface area contributed by atoms with Gasteiger partial charge in [-0.25, -0.2) is 0 Å². The van der Waals surface area contributed by atoms with Gasteiger partial charge in [0.05, 0.1) is 6.61 Å². The van der Waals surface area contributed by atoms with Gasteiger partial charge in [-0.2, -0.15) is 0 Å². The van der Waals surface area contributed by atoms with E-state index in [1.807, 2.05) is 0 Å². The molecule has 0 saturated carbocycles. The molecule has 3 nitrogen and oxygen atoms in total. The predicted molar refractivity (Wildman–Crippen MR) is 75.5 cm³/mol. The zero-order valence-corrected chi connectivity index (χ0v) is 11.2. The summed E-state index contributed by atoms with van der Waals surface area (Å²) in [5.74, 6) is 0.584. The first kappa shape index (κ1) is 13.1. The Morgan fingerprint density at radius 1 is 1.28 bits per heavy atom. The van der Waals surface area contributed by atoms with Gasteiger partial charge >= 0.3 is 0 Å². The van der Waals surface area contributed by atoms with Crippen molar-refractivity contribution in [2.75, 3.05) is 13.2 Å². The van der Waals surface area contributed by atoms with Crippen LogP contribution in [-0.4, -0.2) is 17.8 Å². The number of hydrogen-bond acceptors (Lipinski definition) is 2. The zero-order valence-electron chi connectivity index (χ0n) is 11.2. The molecule has 2 aromatic rings. The van der Waals surface area contributed by atoms with E-state index in [1.165, 1.54) is 16.6 Å². The molecule has 98 valence electrons. The maximum Gasteiger partial charge on any atom is 0.0645 e. The van der Waals surface area contributed by atoms with Gasteiger partial charge in [-0.05, 0) is 23.4 Å². The van der Waals surface area contributed by atoms with Gasteiger partial charge in [-0.1, -0.05) is 32.0 Å². The average molecular weight is 246 g/mol. The molecule has 1 heterocycles. The summed E-state index contributed by atoms with van der Waals surface area (Å²) in [5, 5.41) is 1.25. The van der Waals surface area contributed by atoms with E-state index in [0.717, 1.165) is 19.8 Å². The topological polar surface area (TPSA) is 40.2 Å². The third-order valence-electron chi connectivity index (χ3n) is 3.02. The normalized spacial score (nSPS) is 11.6. The largest absolute Gasteiger partial charge is 0.379 e. The molecule has 0 aliphatic heterocycles. The van der Waals surface area contributed by atoms with Crippen LogP contribution in [0.1, 0.15) is 19.5 Å². The van der Waals surface area contributed by atoms with Crippen LogP contribution < -0.4 is 5.73 Å². The van der Waals surface area contributed by atoms with Gasteiger partial charge in [0, 0.05) is 30.9 Å². The molecule has 18 heavy (non-hydrogen) atoms. The SMILES string of the molecule is CC(C)COCCn1c(CN)cc2ccccc21. The number of benzene rings is 1. The second-order valence-corrected chi connectivity index (χ2v) is 5.02. The number of nitrogens with two attached hydrogens (primary N) is 1. The molecule has 3 heteroatoms. The Morgan fingerprint density at radius 3 is 2.78 bits per heavy atom. The minimum absolute atomic E-state index is 0.568. The fourth-order valence-electron chi connectivity index (χ4n) is 2.18. The number of fused-ring (bicyclic) bond motifs is 1. The Morgan fingerprint density at radius 2 is 2.06 bits per heavy atom. The maximum atomic E-state index is 5.81. The van der Waals surface area contributed by atoms with Gasteiger partial charge in [0.1, 0.15) is 0 Å². The molecule has 0 fully saturated rings. The average Bonchev–Trinajstić information content (AvgIpc) is 2.72. The van der Waals surface area contributed by atoms with Gasteiger partial charge in [0.25, 0.3) is 0 Å². The summed E-state index contributed by atoms with van der Waals surface area (Å²) < 4.78 is 7.91. The van der Waals surface area contributed by atoms with Gasteiger partial charge in [0.15, 0.2) is 0 Å². The first-order valence-corrected chi connectivity index (χ1v) is 6.57. The van der Waals surface area contributed by atoms with Gasteiger partial charge in [0.2, 0.25) is 0 Å². The van der Waals surface area contributed by atoms with Gasteiger partial charge < -0.3 is 15.0 Å². The molecule has 0 unspecified atom stereocenters. The van der Waals surface area contributed by atoms with Gasteiger partial charge in [-0.3, -0.25) is 0 Å². The van der Waals surface area contributed by atoms with Crippen molar-refractivity contribution in [1.82, 2.24) is 4.57 Å². The van der Waals surface area contributed by atoms with E-state index in [4.69, 9.17) is 10.5 Å². The molecule has 0 bridgehead atoms. The lowest BCUT2D eigenvalue weighted by atomic mass is 10.2. The Labute approximate surface area is 109 Å². The molecule has 2 rings (SSSR count). The highest BCUT2D eigenvalue weighted by Crippen LogP contribution is 2.19. The van der Waals surface area contributed by atoms with Crippen LogP contribution in [0, 0.1) is 5.92 Å². The van der Waals surface area contributed by atoms with Gasteiger partial charge in [-0.15, -0.1) is 0 Å². The van der Waals surface area contributed by atoms with Crippen molar-refractivity contribution in [2.45, 2.75) is 26.9 Å². The molecular weight excluding hydrogens is 224 g/mol. The highest BCUT2D eigenvalue weighted by Gasteiger charge is 2.06. The smallest absolute Gasteiger partial charge is 0.0645 e. The molecule has 0 aliphatic rings. The summed E-state index contributed by atoms with van der Waals surface area (Å²) in [7, 11) is 0. The van der Waals surface area contributed by atoms with Crippen LogP contribution in [-0.2, 0) is 17.8 Å². The zero-order chi connectivity index (χ0) is 13.0. The van der Waals surface area contributed by atoms with Crippen molar-refractivity contribution in [3.63, 3.8) is 0 Å². The third-order valence-corrected chi connectivity index (χ3v) is 3.02. The van der Waals surface area contributed by atoms with Crippen molar-refractivity contribution in [3.8, 4) is 0 Å². The van der Waals surface area contributed by atoms with E-state index in [0.29, 0.717) is 12.5 Å². The quantitative estimate of drug-likeness (QED) is 0.796. The van der Waals surface area contributed by atoms with Crippen LogP contribution >= 0.6 is 0 Å².